The third kappa shape index (κ3) is 4.26. The molecule has 1 atom stereocenters. The lowest BCUT2D eigenvalue weighted by molar-refractivity contribution is -0.125. The lowest BCUT2D eigenvalue weighted by Gasteiger charge is -2.28. The minimum absolute atomic E-state index is 0.00446. The molecule has 1 aromatic heterocycles. The number of carbonyl (C=O) groups is 1. The van der Waals surface area contributed by atoms with Crippen molar-refractivity contribution < 1.29 is 9.53 Å². The Hall–Kier alpha value is -2.63. The lowest BCUT2D eigenvalue weighted by atomic mass is 9.86. The average molecular weight is 380 g/mol. The molecule has 6 heteroatoms. The molecule has 1 N–H and O–H groups in total. The molecule has 1 fully saturated rings. The van der Waals surface area contributed by atoms with Gasteiger partial charge in [-0.25, -0.2) is 9.97 Å². The number of anilines is 1. The molecule has 1 aliphatic carbocycles. The maximum atomic E-state index is 12.6. The fourth-order valence-electron chi connectivity index (χ4n) is 4.04. The van der Waals surface area contributed by atoms with E-state index in [0.717, 1.165) is 60.9 Å². The minimum Gasteiger partial charge on any atom is -0.497 e. The molecule has 28 heavy (non-hydrogen) atoms. The zero-order chi connectivity index (χ0) is 19.3. The summed E-state index contributed by atoms with van der Waals surface area (Å²) in [6.45, 7) is 2.64. The van der Waals surface area contributed by atoms with E-state index in [2.05, 4.69) is 15.2 Å². The standard InChI is InChI=1S/C22H28N4O2/c1-28-19-8-5-16(6-9-19)14-23-21(27)17-7-10-20-18(13-17)15-24-22(25-20)26-11-3-2-4-12-26/h5-6,8-9,15,17H,2-4,7,10-14H2,1H3,(H,23,27). The highest BCUT2D eigenvalue weighted by Gasteiger charge is 2.26. The number of hydrogen-bond donors (Lipinski definition) is 1. The molecular weight excluding hydrogens is 352 g/mol. The number of nitrogens with one attached hydrogen (secondary N) is 1. The number of amides is 1. The Morgan fingerprint density at radius 1 is 1.21 bits per heavy atom. The second-order valence-corrected chi connectivity index (χ2v) is 7.70. The Balaban J connectivity index is 1.34. The van der Waals surface area contributed by atoms with E-state index < -0.39 is 0 Å². The Morgan fingerprint density at radius 3 is 2.75 bits per heavy atom. The number of piperidine rings is 1. The van der Waals surface area contributed by atoms with Gasteiger partial charge in [-0.05, 0) is 61.8 Å². The molecule has 0 bridgehead atoms. The number of aryl methyl sites for hydroxylation is 1. The Labute approximate surface area is 166 Å². The van der Waals surface area contributed by atoms with E-state index in [1.165, 1.54) is 19.3 Å². The maximum Gasteiger partial charge on any atom is 0.225 e. The molecule has 0 radical (unpaired) electrons. The van der Waals surface area contributed by atoms with Crippen LogP contribution in [0, 0.1) is 5.92 Å². The van der Waals surface area contributed by atoms with Crippen molar-refractivity contribution in [1.82, 2.24) is 15.3 Å². The number of methoxy groups -OCH3 is 1. The van der Waals surface area contributed by atoms with Crippen LogP contribution >= 0.6 is 0 Å². The van der Waals surface area contributed by atoms with Crippen molar-refractivity contribution in [3.05, 3.63) is 47.3 Å². The second kappa shape index (κ2) is 8.59. The quantitative estimate of drug-likeness (QED) is 0.864. The van der Waals surface area contributed by atoms with Gasteiger partial charge < -0.3 is 15.0 Å². The SMILES string of the molecule is COc1ccc(CNC(=O)C2CCc3nc(N4CCCCC4)ncc3C2)cc1. The van der Waals surface area contributed by atoms with E-state index in [0.29, 0.717) is 6.54 Å². The highest BCUT2D eigenvalue weighted by atomic mass is 16.5. The van der Waals surface area contributed by atoms with Crippen LogP contribution in [0.5, 0.6) is 5.75 Å². The number of hydrogen-bond acceptors (Lipinski definition) is 5. The average Bonchev–Trinajstić information content (AvgIpc) is 2.77. The van der Waals surface area contributed by atoms with Crippen LogP contribution in [0.25, 0.3) is 0 Å². The number of fused-ring (bicyclic) bond motifs is 1. The number of aromatic nitrogens is 2. The number of rotatable bonds is 5. The molecule has 1 aromatic carbocycles. The van der Waals surface area contributed by atoms with Gasteiger partial charge in [0, 0.05) is 37.4 Å². The van der Waals surface area contributed by atoms with Gasteiger partial charge >= 0.3 is 0 Å². The first kappa shape index (κ1) is 18.7. The van der Waals surface area contributed by atoms with Gasteiger partial charge in [0.25, 0.3) is 0 Å². The molecule has 2 heterocycles. The first-order valence-corrected chi connectivity index (χ1v) is 10.2. The summed E-state index contributed by atoms with van der Waals surface area (Å²) in [4.78, 5) is 24.3. The van der Waals surface area contributed by atoms with Gasteiger partial charge in [0.05, 0.1) is 7.11 Å². The fourth-order valence-corrected chi connectivity index (χ4v) is 4.04. The van der Waals surface area contributed by atoms with Crippen molar-refractivity contribution in [2.24, 2.45) is 5.92 Å². The summed E-state index contributed by atoms with van der Waals surface area (Å²) in [5.41, 5.74) is 3.31. The van der Waals surface area contributed by atoms with Gasteiger partial charge in [-0.2, -0.15) is 0 Å². The van der Waals surface area contributed by atoms with Crippen molar-refractivity contribution in [3.63, 3.8) is 0 Å². The Kier molecular flexibility index (Phi) is 5.74. The molecule has 2 aromatic rings. The summed E-state index contributed by atoms with van der Waals surface area (Å²) in [5.74, 6) is 1.79. The lowest BCUT2D eigenvalue weighted by Crippen LogP contribution is -2.35. The van der Waals surface area contributed by atoms with Crippen molar-refractivity contribution >= 4 is 11.9 Å². The second-order valence-electron chi connectivity index (χ2n) is 7.70. The number of carbonyl (C=O) groups excluding carboxylic acids is 1. The monoisotopic (exact) mass is 380 g/mol. The van der Waals surface area contributed by atoms with E-state index in [9.17, 15) is 4.79 Å². The number of nitrogens with zero attached hydrogens (tertiary/aromatic N) is 3. The van der Waals surface area contributed by atoms with Crippen LogP contribution in [0.4, 0.5) is 5.95 Å². The van der Waals surface area contributed by atoms with E-state index in [1.54, 1.807) is 7.11 Å². The zero-order valence-electron chi connectivity index (χ0n) is 16.5. The van der Waals surface area contributed by atoms with Gasteiger partial charge in [0.1, 0.15) is 5.75 Å². The van der Waals surface area contributed by atoms with Crippen LogP contribution < -0.4 is 15.0 Å². The van der Waals surface area contributed by atoms with Crippen molar-refractivity contribution in [1.29, 1.82) is 0 Å². The highest BCUT2D eigenvalue weighted by molar-refractivity contribution is 5.79. The van der Waals surface area contributed by atoms with Crippen molar-refractivity contribution in [3.8, 4) is 5.75 Å². The number of benzene rings is 1. The largest absolute Gasteiger partial charge is 0.497 e. The molecule has 1 saturated heterocycles. The molecule has 1 unspecified atom stereocenters. The summed E-state index contributed by atoms with van der Waals surface area (Å²) in [6.07, 6.45) is 8.10. The molecule has 2 aliphatic rings. The predicted molar refractivity (Wildman–Crippen MR) is 108 cm³/mol. The molecule has 1 amide bonds. The van der Waals surface area contributed by atoms with Gasteiger partial charge in [-0.15, -0.1) is 0 Å². The number of ether oxygens (including phenoxy) is 1. The van der Waals surface area contributed by atoms with E-state index in [-0.39, 0.29) is 11.8 Å². The van der Waals surface area contributed by atoms with Crippen LogP contribution in [0.3, 0.4) is 0 Å². The summed E-state index contributed by atoms with van der Waals surface area (Å²) >= 11 is 0. The zero-order valence-corrected chi connectivity index (χ0v) is 16.5. The molecule has 4 rings (SSSR count). The van der Waals surface area contributed by atoms with E-state index >= 15 is 0 Å². The maximum absolute atomic E-state index is 12.6. The molecule has 0 saturated carbocycles. The Bertz CT molecular complexity index is 816. The molecule has 6 nitrogen and oxygen atoms in total. The third-order valence-electron chi connectivity index (χ3n) is 5.77. The predicted octanol–water partition coefficient (Wildman–Crippen LogP) is 2.90. The molecule has 148 valence electrons. The van der Waals surface area contributed by atoms with Crippen LogP contribution in [0.1, 0.15) is 42.5 Å². The third-order valence-corrected chi connectivity index (χ3v) is 5.77. The minimum atomic E-state index is -0.00446. The van der Waals surface area contributed by atoms with Crippen molar-refractivity contribution in [2.75, 3.05) is 25.1 Å². The fraction of sp³-hybridized carbons (Fsp3) is 0.500. The summed E-state index contributed by atoms with van der Waals surface area (Å²) in [5, 5.41) is 3.07. The normalized spacial score (nSPS) is 19.0. The topological polar surface area (TPSA) is 67.3 Å². The summed E-state index contributed by atoms with van der Waals surface area (Å²) < 4.78 is 5.17. The van der Waals surface area contributed by atoms with Crippen LogP contribution in [0.15, 0.2) is 30.5 Å². The van der Waals surface area contributed by atoms with Gasteiger partial charge in [-0.3, -0.25) is 4.79 Å². The first-order chi connectivity index (χ1) is 13.7. The van der Waals surface area contributed by atoms with Crippen LogP contribution in [-0.4, -0.2) is 36.1 Å². The van der Waals surface area contributed by atoms with Crippen LogP contribution in [0.2, 0.25) is 0 Å². The summed E-state index contributed by atoms with van der Waals surface area (Å²) in [6, 6.07) is 7.78. The molecular formula is C22H28N4O2. The van der Waals surface area contributed by atoms with Crippen LogP contribution in [-0.2, 0) is 24.2 Å². The smallest absolute Gasteiger partial charge is 0.225 e. The van der Waals surface area contributed by atoms with E-state index in [4.69, 9.17) is 9.72 Å². The molecule has 0 spiro atoms. The van der Waals surface area contributed by atoms with Crippen molar-refractivity contribution in [2.45, 2.75) is 45.1 Å². The van der Waals surface area contributed by atoms with Gasteiger partial charge in [0.15, 0.2) is 0 Å². The van der Waals surface area contributed by atoms with Gasteiger partial charge in [0.2, 0.25) is 11.9 Å². The Morgan fingerprint density at radius 2 is 2.00 bits per heavy atom. The first-order valence-electron chi connectivity index (χ1n) is 10.2. The summed E-state index contributed by atoms with van der Waals surface area (Å²) in [7, 11) is 1.65. The van der Waals surface area contributed by atoms with Gasteiger partial charge in [-0.1, -0.05) is 12.1 Å². The molecule has 1 aliphatic heterocycles. The highest BCUT2D eigenvalue weighted by Crippen LogP contribution is 2.26. The van der Waals surface area contributed by atoms with E-state index in [1.807, 2.05) is 30.5 Å².